The molecule has 1 aromatic carbocycles. The van der Waals surface area contributed by atoms with Crippen molar-refractivity contribution < 1.29 is 9.53 Å². The van der Waals surface area contributed by atoms with Crippen LogP contribution in [0, 0.1) is 0 Å². The Hall–Kier alpha value is -1.22. The van der Waals surface area contributed by atoms with Crippen molar-refractivity contribution in [1.82, 2.24) is 0 Å². The summed E-state index contributed by atoms with van der Waals surface area (Å²) in [6, 6.07) is 7.13. The molecule has 1 heterocycles. The molecule has 0 N–H and O–H groups in total. The van der Waals surface area contributed by atoms with E-state index < -0.39 is 0 Å². The molecule has 1 aromatic rings. The van der Waals surface area contributed by atoms with E-state index in [4.69, 9.17) is 17.0 Å². The van der Waals surface area contributed by atoms with Gasteiger partial charge in [0, 0.05) is 0 Å². The maximum Gasteiger partial charge on any atom is 0.175 e. The van der Waals surface area contributed by atoms with Gasteiger partial charge in [-0.1, -0.05) is 12.1 Å². The fraction of sp³-hybridized carbons (Fsp3) is 0.111. The quantitative estimate of drug-likeness (QED) is 0.568. The van der Waals surface area contributed by atoms with Crippen LogP contribution in [0.3, 0.4) is 0 Å². The van der Waals surface area contributed by atoms with Gasteiger partial charge in [0.2, 0.25) is 0 Å². The molecular formula is C9H6O2S. The van der Waals surface area contributed by atoms with Crippen LogP contribution in [-0.4, -0.2) is 10.8 Å². The molecule has 0 saturated heterocycles. The van der Waals surface area contributed by atoms with E-state index in [1.54, 1.807) is 12.1 Å². The van der Waals surface area contributed by atoms with Crippen LogP contribution in [-0.2, 0) is 0 Å². The number of carbonyl (C=O) groups excluding carboxylic acids is 1. The highest BCUT2D eigenvalue weighted by atomic mass is 32.1. The number of thiocarbonyl (C=S) groups is 1. The number of ketones is 1. The average Bonchev–Trinajstić information content (AvgIpc) is 2.04. The summed E-state index contributed by atoms with van der Waals surface area (Å²) in [6.45, 7) is 0. The summed E-state index contributed by atoms with van der Waals surface area (Å²) in [7, 11) is 0. The van der Waals surface area contributed by atoms with E-state index in [0.717, 1.165) is 0 Å². The van der Waals surface area contributed by atoms with Gasteiger partial charge in [-0.25, -0.2) is 0 Å². The van der Waals surface area contributed by atoms with Gasteiger partial charge in [0.1, 0.15) is 5.75 Å². The minimum absolute atomic E-state index is 0.0434. The van der Waals surface area contributed by atoms with Crippen LogP contribution in [0.5, 0.6) is 5.75 Å². The van der Waals surface area contributed by atoms with Crippen LogP contribution in [0.25, 0.3) is 0 Å². The van der Waals surface area contributed by atoms with Crippen LogP contribution in [0.15, 0.2) is 24.3 Å². The first-order valence-corrected chi connectivity index (χ1v) is 4.01. The monoisotopic (exact) mass is 178 g/mol. The molecule has 0 amide bonds. The Bertz CT molecular complexity index is 357. The van der Waals surface area contributed by atoms with Crippen molar-refractivity contribution in [2.24, 2.45) is 0 Å². The van der Waals surface area contributed by atoms with Crippen molar-refractivity contribution in [3.8, 4) is 5.75 Å². The lowest BCUT2D eigenvalue weighted by atomic mass is 10.1. The molecule has 2 nitrogen and oxygen atoms in total. The highest BCUT2D eigenvalue weighted by molar-refractivity contribution is 7.80. The van der Waals surface area contributed by atoms with E-state index in [2.05, 4.69) is 0 Å². The molecule has 12 heavy (non-hydrogen) atoms. The minimum atomic E-state index is 0.0434. The zero-order valence-electron chi connectivity index (χ0n) is 6.24. The third kappa shape index (κ3) is 1.12. The lowest BCUT2D eigenvalue weighted by Crippen LogP contribution is -2.19. The maximum atomic E-state index is 11.3. The first-order chi connectivity index (χ1) is 5.77. The zero-order valence-corrected chi connectivity index (χ0v) is 7.06. The Kier molecular flexibility index (Phi) is 1.66. The second kappa shape index (κ2) is 2.68. The average molecular weight is 178 g/mol. The molecule has 2 rings (SSSR count). The Morgan fingerprint density at radius 3 is 2.92 bits per heavy atom. The summed E-state index contributed by atoms with van der Waals surface area (Å²) in [5, 5.41) is 0.360. The van der Waals surface area contributed by atoms with Gasteiger partial charge < -0.3 is 4.74 Å². The second-order valence-corrected chi connectivity index (χ2v) is 3.03. The summed E-state index contributed by atoms with van der Waals surface area (Å²) < 4.78 is 5.21. The Balaban J connectivity index is 2.54. The van der Waals surface area contributed by atoms with Crippen molar-refractivity contribution in [1.29, 1.82) is 0 Å². The molecule has 60 valence electrons. The van der Waals surface area contributed by atoms with Crippen LogP contribution < -0.4 is 4.74 Å². The van der Waals surface area contributed by atoms with Crippen molar-refractivity contribution in [3.05, 3.63) is 29.8 Å². The van der Waals surface area contributed by atoms with Crippen LogP contribution in [0.1, 0.15) is 16.8 Å². The van der Waals surface area contributed by atoms with E-state index in [0.29, 0.717) is 16.4 Å². The number of rotatable bonds is 0. The van der Waals surface area contributed by atoms with E-state index in [1.807, 2.05) is 12.1 Å². The van der Waals surface area contributed by atoms with E-state index in [-0.39, 0.29) is 12.2 Å². The molecule has 3 heteroatoms. The van der Waals surface area contributed by atoms with Crippen molar-refractivity contribution in [2.75, 3.05) is 0 Å². The van der Waals surface area contributed by atoms with Gasteiger partial charge in [0.25, 0.3) is 0 Å². The Morgan fingerprint density at radius 1 is 1.33 bits per heavy atom. The van der Waals surface area contributed by atoms with E-state index in [1.165, 1.54) is 0 Å². The van der Waals surface area contributed by atoms with Gasteiger partial charge in [-0.2, -0.15) is 0 Å². The molecule has 0 unspecified atom stereocenters. The molecular weight excluding hydrogens is 172 g/mol. The summed E-state index contributed by atoms with van der Waals surface area (Å²) in [5.74, 6) is 0.626. The second-order valence-electron chi connectivity index (χ2n) is 2.57. The molecule has 0 saturated carbocycles. The van der Waals surface area contributed by atoms with E-state index in [9.17, 15) is 4.79 Å². The van der Waals surface area contributed by atoms with Crippen molar-refractivity contribution >= 4 is 23.1 Å². The molecule has 0 aliphatic carbocycles. The number of hydrogen-bond acceptors (Lipinski definition) is 3. The van der Waals surface area contributed by atoms with Gasteiger partial charge in [-0.15, -0.1) is 0 Å². The first-order valence-electron chi connectivity index (χ1n) is 3.60. The Labute approximate surface area is 75.2 Å². The highest BCUT2D eigenvalue weighted by Crippen LogP contribution is 2.24. The Morgan fingerprint density at radius 2 is 2.08 bits per heavy atom. The number of Topliss-reactive ketones (excluding diaryl/α,β-unsaturated/α-hetero) is 1. The number of carbonyl (C=O) groups is 1. The highest BCUT2D eigenvalue weighted by Gasteiger charge is 2.20. The van der Waals surface area contributed by atoms with Crippen LogP contribution in [0.2, 0.25) is 0 Å². The summed E-state index contributed by atoms with van der Waals surface area (Å²) in [4.78, 5) is 11.3. The van der Waals surface area contributed by atoms with Crippen LogP contribution in [0.4, 0.5) is 0 Å². The van der Waals surface area contributed by atoms with Gasteiger partial charge in [0.15, 0.2) is 10.8 Å². The summed E-state index contributed by atoms with van der Waals surface area (Å²) in [5.41, 5.74) is 0.631. The zero-order chi connectivity index (χ0) is 8.55. The van der Waals surface area contributed by atoms with Gasteiger partial charge in [-0.05, 0) is 24.4 Å². The topological polar surface area (TPSA) is 26.3 Å². The number of fused-ring (bicyclic) bond motifs is 1. The third-order valence-electron chi connectivity index (χ3n) is 1.72. The fourth-order valence-corrected chi connectivity index (χ4v) is 1.39. The smallest absolute Gasteiger partial charge is 0.175 e. The molecule has 0 spiro atoms. The number of benzene rings is 1. The molecule has 0 atom stereocenters. The lowest BCUT2D eigenvalue weighted by Gasteiger charge is -2.15. The summed E-state index contributed by atoms with van der Waals surface area (Å²) in [6.07, 6.45) is 0.229. The maximum absolute atomic E-state index is 11.3. The SMILES string of the molecule is O=C1CC(=S)Oc2ccccc21. The van der Waals surface area contributed by atoms with Crippen LogP contribution >= 0.6 is 12.2 Å². The van der Waals surface area contributed by atoms with Crippen molar-refractivity contribution in [2.45, 2.75) is 6.42 Å². The third-order valence-corrected chi connectivity index (χ3v) is 1.94. The minimum Gasteiger partial charge on any atom is -0.449 e. The largest absolute Gasteiger partial charge is 0.449 e. The normalized spacial score (nSPS) is 15.3. The predicted octanol–water partition coefficient (Wildman–Crippen LogP) is 1.98. The standard InChI is InChI=1S/C9H6O2S/c10-7-5-9(12)11-8-4-2-1-3-6(7)8/h1-4H,5H2. The molecule has 0 radical (unpaired) electrons. The van der Waals surface area contributed by atoms with E-state index >= 15 is 0 Å². The fourth-order valence-electron chi connectivity index (χ4n) is 1.17. The van der Waals surface area contributed by atoms with Crippen molar-refractivity contribution in [3.63, 3.8) is 0 Å². The number of hydrogen-bond donors (Lipinski definition) is 0. The molecule has 0 bridgehead atoms. The van der Waals surface area contributed by atoms with Gasteiger partial charge in [0.05, 0.1) is 12.0 Å². The molecule has 1 aliphatic rings. The molecule has 0 aromatic heterocycles. The molecule has 0 fully saturated rings. The lowest BCUT2D eigenvalue weighted by molar-refractivity contribution is 0.0989. The summed E-state index contributed by atoms with van der Waals surface area (Å²) >= 11 is 4.82. The predicted molar refractivity (Wildman–Crippen MR) is 48.6 cm³/mol. The van der Waals surface area contributed by atoms with Gasteiger partial charge >= 0.3 is 0 Å². The molecule has 1 aliphatic heterocycles. The van der Waals surface area contributed by atoms with Gasteiger partial charge in [-0.3, -0.25) is 4.79 Å². The number of para-hydroxylation sites is 1. The number of ether oxygens (including phenoxy) is 1. The first kappa shape index (κ1) is 7.43.